The Balaban J connectivity index is 1.36. The number of esters is 1. The van der Waals surface area contributed by atoms with Crippen molar-refractivity contribution in [2.75, 3.05) is 0 Å². The van der Waals surface area contributed by atoms with E-state index in [-0.39, 0.29) is 24.0 Å². The summed E-state index contributed by atoms with van der Waals surface area (Å²) in [7, 11) is 0. The summed E-state index contributed by atoms with van der Waals surface area (Å²) in [6.45, 7) is 5.62. The smallest absolute Gasteiger partial charge is 0.338 e. The van der Waals surface area contributed by atoms with Gasteiger partial charge in [0.1, 0.15) is 16.5 Å². The summed E-state index contributed by atoms with van der Waals surface area (Å²) < 4.78 is 11.4. The topological polar surface area (TPSA) is 80.9 Å². The van der Waals surface area contributed by atoms with E-state index in [4.69, 9.17) is 14.1 Å². The van der Waals surface area contributed by atoms with Gasteiger partial charge in [0.05, 0.1) is 23.4 Å². The van der Waals surface area contributed by atoms with E-state index in [1.807, 2.05) is 45.0 Å². The second kappa shape index (κ2) is 11.7. The van der Waals surface area contributed by atoms with Crippen LogP contribution < -0.4 is 5.32 Å². The third-order valence-corrected chi connectivity index (χ3v) is 8.53. The minimum atomic E-state index is -0.330. The number of hydrogen-bond acceptors (Lipinski definition) is 6. The maximum Gasteiger partial charge on any atom is 0.338 e. The Morgan fingerprint density at radius 1 is 1.08 bits per heavy atom. The van der Waals surface area contributed by atoms with Gasteiger partial charge in [-0.3, -0.25) is 4.79 Å². The predicted octanol–water partition coefficient (Wildman–Crippen LogP) is 7.57. The summed E-state index contributed by atoms with van der Waals surface area (Å²) in [5.41, 5.74) is 4.30. The van der Waals surface area contributed by atoms with Crippen molar-refractivity contribution in [3.8, 4) is 11.3 Å². The van der Waals surface area contributed by atoms with Crippen molar-refractivity contribution >= 4 is 34.4 Å². The van der Waals surface area contributed by atoms with Gasteiger partial charge < -0.3 is 14.5 Å². The van der Waals surface area contributed by atoms with E-state index < -0.39 is 0 Å². The van der Waals surface area contributed by atoms with Gasteiger partial charge in [-0.05, 0) is 94.7 Å². The van der Waals surface area contributed by atoms with Crippen LogP contribution in [-0.2, 0) is 17.6 Å². The zero-order chi connectivity index (χ0) is 26.6. The molecule has 0 saturated heterocycles. The standard InChI is InChI=1S/C31H36N2O4S/c1-19(2)36-31(35)21-13-15-24(20(3)17-21)26-16-14-23(37-26)18-32-30-28(25-11-7-8-12-27(25)38-30)29(34)33-22-9-5-4-6-10-22/h13-19,22H,4-12H2,1-3H3,(H,33,34). The molecule has 1 fully saturated rings. The van der Waals surface area contributed by atoms with Crippen LogP contribution in [0, 0.1) is 6.92 Å². The maximum atomic E-state index is 13.4. The molecule has 2 aliphatic carbocycles. The molecule has 6 nitrogen and oxygen atoms in total. The lowest BCUT2D eigenvalue weighted by molar-refractivity contribution is 0.0377. The van der Waals surface area contributed by atoms with Gasteiger partial charge in [-0.15, -0.1) is 11.3 Å². The summed E-state index contributed by atoms with van der Waals surface area (Å²) in [5.74, 6) is 1.01. The van der Waals surface area contributed by atoms with Gasteiger partial charge in [-0.1, -0.05) is 25.3 Å². The van der Waals surface area contributed by atoms with Gasteiger partial charge in [0, 0.05) is 16.5 Å². The van der Waals surface area contributed by atoms with Crippen LogP contribution in [0.4, 0.5) is 5.00 Å². The normalized spacial score (nSPS) is 16.1. The fourth-order valence-electron chi connectivity index (χ4n) is 5.42. The molecule has 2 aliphatic rings. The molecule has 5 rings (SSSR count). The van der Waals surface area contributed by atoms with Crippen LogP contribution in [0.25, 0.3) is 11.3 Å². The minimum Gasteiger partial charge on any atom is -0.459 e. The van der Waals surface area contributed by atoms with Crippen molar-refractivity contribution in [2.45, 2.75) is 90.7 Å². The number of aryl methyl sites for hydroxylation is 2. The SMILES string of the molecule is Cc1cc(C(=O)OC(C)C)ccc1-c1ccc(C=Nc2sc3c(c2C(=O)NC2CCCCC2)CCCC3)o1. The molecule has 1 N–H and O–H groups in total. The van der Waals surface area contributed by atoms with Gasteiger partial charge in [0.25, 0.3) is 5.91 Å². The Labute approximate surface area is 228 Å². The molecule has 0 atom stereocenters. The number of fused-ring (bicyclic) bond motifs is 1. The Morgan fingerprint density at radius 2 is 1.87 bits per heavy atom. The van der Waals surface area contributed by atoms with Crippen molar-refractivity contribution in [1.82, 2.24) is 5.32 Å². The molecule has 2 heterocycles. The molecule has 3 aromatic rings. The number of aliphatic imine (C=N–C) groups is 1. The molecule has 0 radical (unpaired) electrons. The lowest BCUT2D eigenvalue weighted by Crippen LogP contribution is -2.36. The van der Waals surface area contributed by atoms with Crippen LogP contribution in [0.1, 0.15) is 101 Å². The van der Waals surface area contributed by atoms with Gasteiger partial charge in [-0.2, -0.15) is 0 Å². The van der Waals surface area contributed by atoms with E-state index in [2.05, 4.69) is 5.32 Å². The summed E-state index contributed by atoms with van der Waals surface area (Å²) in [6.07, 6.45) is 11.5. The molecule has 0 spiro atoms. The Hall–Kier alpha value is -3.19. The highest BCUT2D eigenvalue weighted by molar-refractivity contribution is 7.16. The van der Waals surface area contributed by atoms with E-state index in [1.165, 1.54) is 29.7 Å². The quantitative estimate of drug-likeness (QED) is 0.251. The molecule has 1 amide bonds. The molecule has 38 heavy (non-hydrogen) atoms. The number of rotatable bonds is 7. The molecule has 2 aromatic heterocycles. The number of furan rings is 1. The molecular formula is C31H36N2O4S. The number of nitrogens with one attached hydrogen (secondary N) is 1. The highest BCUT2D eigenvalue weighted by Crippen LogP contribution is 2.40. The molecule has 7 heteroatoms. The largest absolute Gasteiger partial charge is 0.459 e. The Bertz CT molecular complexity index is 1340. The zero-order valence-electron chi connectivity index (χ0n) is 22.5. The van der Waals surface area contributed by atoms with Crippen molar-refractivity contribution in [1.29, 1.82) is 0 Å². The third kappa shape index (κ3) is 5.93. The summed E-state index contributed by atoms with van der Waals surface area (Å²) in [5, 5.41) is 4.07. The summed E-state index contributed by atoms with van der Waals surface area (Å²) in [6, 6.07) is 9.52. The van der Waals surface area contributed by atoms with Gasteiger partial charge in [0.2, 0.25) is 0 Å². The van der Waals surface area contributed by atoms with Crippen LogP contribution >= 0.6 is 11.3 Å². The van der Waals surface area contributed by atoms with Gasteiger partial charge >= 0.3 is 5.97 Å². The molecular weight excluding hydrogens is 496 g/mol. The number of hydrogen-bond donors (Lipinski definition) is 1. The molecule has 200 valence electrons. The number of amides is 1. The first-order valence-corrected chi connectivity index (χ1v) is 14.6. The Morgan fingerprint density at radius 3 is 2.63 bits per heavy atom. The molecule has 0 unspecified atom stereocenters. The average Bonchev–Trinajstić information content (AvgIpc) is 3.52. The second-order valence-electron chi connectivity index (χ2n) is 10.6. The highest BCUT2D eigenvalue weighted by atomic mass is 32.1. The number of benzene rings is 1. The molecule has 1 saturated carbocycles. The van der Waals surface area contributed by atoms with E-state index in [1.54, 1.807) is 23.6 Å². The Kier molecular flexibility index (Phi) is 8.12. The van der Waals surface area contributed by atoms with Crippen LogP contribution in [0.3, 0.4) is 0 Å². The fraction of sp³-hybridized carbons (Fsp3) is 0.452. The monoisotopic (exact) mass is 532 g/mol. The van der Waals surface area contributed by atoms with Crippen LogP contribution in [0.2, 0.25) is 0 Å². The van der Waals surface area contributed by atoms with Crippen molar-refractivity contribution < 1.29 is 18.7 Å². The van der Waals surface area contributed by atoms with Crippen LogP contribution in [-0.4, -0.2) is 30.2 Å². The maximum absolute atomic E-state index is 13.4. The first-order chi connectivity index (χ1) is 18.4. The van der Waals surface area contributed by atoms with Crippen molar-refractivity contribution in [3.05, 3.63) is 63.2 Å². The van der Waals surface area contributed by atoms with Crippen molar-refractivity contribution in [2.24, 2.45) is 4.99 Å². The summed E-state index contributed by atoms with van der Waals surface area (Å²) >= 11 is 1.64. The number of thiophene rings is 1. The van der Waals surface area contributed by atoms with E-state index >= 15 is 0 Å². The number of carbonyl (C=O) groups excluding carboxylic acids is 2. The molecule has 0 bridgehead atoms. The van der Waals surface area contributed by atoms with E-state index in [9.17, 15) is 9.59 Å². The molecule has 0 aliphatic heterocycles. The first-order valence-electron chi connectivity index (χ1n) is 13.8. The zero-order valence-corrected chi connectivity index (χ0v) is 23.3. The highest BCUT2D eigenvalue weighted by Gasteiger charge is 2.27. The first kappa shape index (κ1) is 26.4. The average molecular weight is 533 g/mol. The van der Waals surface area contributed by atoms with Crippen molar-refractivity contribution in [3.63, 3.8) is 0 Å². The lowest BCUT2D eigenvalue weighted by Gasteiger charge is -2.23. The minimum absolute atomic E-state index is 0.0234. The van der Waals surface area contributed by atoms with Crippen LogP contribution in [0.15, 0.2) is 39.7 Å². The number of carbonyl (C=O) groups is 2. The van der Waals surface area contributed by atoms with Crippen LogP contribution in [0.5, 0.6) is 0 Å². The lowest BCUT2D eigenvalue weighted by atomic mass is 9.93. The van der Waals surface area contributed by atoms with E-state index in [0.717, 1.165) is 60.2 Å². The van der Waals surface area contributed by atoms with Gasteiger partial charge in [0.15, 0.2) is 0 Å². The van der Waals surface area contributed by atoms with E-state index in [0.29, 0.717) is 17.1 Å². The number of ether oxygens (including phenoxy) is 1. The second-order valence-corrected chi connectivity index (χ2v) is 11.7. The van der Waals surface area contributed by atoms with Gasteiger partial charge in [-0.25, -0.2) is 9.79 Å². The number of nitrogens with zero attached hydrogens (tertiary/aromatic N) is 1. The molecule has 1 aromatic carbocycles. The predicted molar refractivity (Wildman–Crippen MR) is 152 cm³/mol. The third-order valence-electron chi connectivity index (χ3n) is 7.33. The summed E-state index contributed by atoms with van der Waals surface area (Å²) in [4.78, 5) is 31.7. The fourth-order valence-corrected chi connectivity index (χ4v) is 6.65.